The second-order valence-electron chi connectivity index (χ2n) is 6.10. The molecule has 0 bridgehead atoms. The molecule has 26 heavy (non-hydrogen) atoms. The first kappa shape index (κ1) is 16.0. The van der Waals surface area contributed by atoms with Crippen LogP contribution in [0.15, 0.2) is 78.3 Å². The number of guanidine groups is 1. The van der Waals surface area contributed by atoms with Crippen LogP contribution in [0, 0.1) is 0 Å². The molecule has 1 amide bonds. The predicted octanol–water partition coefficient (Wildman–Crippen LogP) is 2.17. The molecule has 6 heteroatoms. The third kappa shape index (κ3) is 2.35. The van der Waals surface area contributed by atoms with Gasteiger partial charge in [-0.15, -0.1) is 0 Å². The van der Waals surface area contributed by atoms with Crippen molar-refractivity contribution in [2.24, 2.45) is 10.7 Å². The van der Waals surface area contributed by atoms with E-state index in [1.54, 1.807) is 44.0 Å². The zero-order valence-electron chi connectivity index (χ0n) is 14.2. The fourth-order valence-electron chi connectivity index (χ4n) is 3.23. The molecule has 0 fully saturated rings. The van der Waals surface area contributed by atoms with Crippen LogP contribution in [-0.4, -0.2) is 33.8 Å². The Labute approximate surface area is 151 Å². The maximum absolute atomic E-state index is 13.2. The summed E-state index contributed by atoms with van der Waals surface area (Å²) in [6.07, 6.45) is 6.82. The van der Waals surface area contributed by atoms with Crippen molar-refractivity contribution in [2.45, 2.75) is 5.54 Å². The Kier molecular flexibility index (Phi) is 3.73. The lowest BCUT2D eigenvalue weighted by atomic mass is 9.82. The molecule has 1 atom stereocenters. The molecular formula is C20H17N5O. The maximum atomic E-state index is 13.2. The quantitative estimate of drug-likeness (QED) is 0.790. The van der Waals surface area contributed by atoms with E-state index in [0.717, 1.165) is 22.3 Å². The van der Waals surface area contributed by atoms with Crippen LogP contribution in [0.2, 0.25) is 0 Å². The molecule has 0 saturated carbocycles. The Bertz CT molecular complexity index is 987. The second-order valence-corrected chi connectivity index (χ2v) is 6.10. The Morgan fingerprint density at radius 2 is 1.69 bits per heavy atom. The van der Waals surface area contributed by atoms with Crippen LogP contribution in [-0.2, 0) is 10.3 Å². The molecular weight excluding hydrogens is 326 g/mol. The van der Waals surface area contributed by atoms with Gasteiger partial charge in [0, 0.05) is 31.8 Å². The monoisotopic (exact) mass is 343 g/mol. The van der Waals surface area contributed by atoms with Gasteiger partial charge >= 0.3 is 0 Å². The van der Waals surface area contributed by atoms with Gasteiger partial charge < -0.3 is 5.73 Å². The van der Waals surface area contributed by atoms with E-state index < -0.39 is 5.54 Å². The zero-order valence-corrected chi connectivity index (χ0v) is 14.2. The fraction of sp³-hybridized carbons (Fsp3) is 0.100. The first-order chi connectivity index (χ1) is 12.6. The lowest BCUT2D eigenvalue weighted by molar-refractivity contribution is -0.129. The van der Waals surface area contributed by atoms with Crippen LogP contribution in [0.3, 0.4) is 0 Å². The van der Waals surface area contributed by atoms with E-state index in [9.17, 15) is 4.79 Å². The van der Waals surface area contributed by atoms with Crippen molar-refractivity contribution in [3.05, 3.63) is 84.4 Å². The molecule has 6 nitrogen and oxygen atoms in total. The Morgan fingerprint density at radius 1 is 0.923 bits per heavy atom. The minimum atomic E-state index is -1.21. The van der Waals surface area contributed by atoms with E-state index >= 15 is 0 Å². The molecule has 3 aromatic rings. The SMILES string of the molecule is CN1C(=O)C(c2ccncc2)(c2cccc(-c3cccnc3)c2)N=C1N. The highest BCUT2D eigenvalue weighted by Gasteiger charge is 2.49. The molecule has 4 rings (SSSR count). The highest BCUT2D eigenvalue weighted by atomic mass is 16.2. The van der Waals surface area contributed by atoms with Crippen LogP contribution in [0.1, 0.15) is 11.1 Å². The Balaban J connectivity index is 1.94. The van der Waals surface area contributed by atoms with Gasteiger partial charge in [0.2, 0.25) is 0 Å². The molecule has 128 valence electrons. The van der Waals surface area contributed by atoms with Gasteiger partial charge in [-0.3, -0.25) is 19.7 Å². The molecule has 1 aliphatic rings. The number of amides is 1. The maximum Gasteiger partial charge on any atom is 0.266 e. The Hall–Kier alpha value is -3.54. The number of nitrogens with two attached hydrogens (primary N) is 1. The third-order valence-corrected chi connectivity index (χ3v) is 4.61. The molecule has 2 aromatic heterocycles. The normalized spacial score (nSPS) is 19.5. The van der Waals surface area contributed by atoms with E-state index in [-0.39, 0.29) is 11.9 Å². The van der Waals surface area contributed by atoms with Crippen molar-refractivity contribution >= 4 is 11.9 Å². The average molecular weight is 343 g/mol. The zero-order chi connectivity index (χ0) is 18.1. The summed E-state index contributed by atoms with van der Waals surface area (Å²) in [5.74, 6) is 0.00290. The van der Waals surface area contributed by atoms with Crippen molar-refractivity contribution in [3.8, 4) is 11.1 Å². The van der Waals surface area contributed by atoms with Crippen molar-refractivity contribution in [1.29, 1.82) is 0 Å². The topological polar surface area (TPSA) is 84.5 Å². The number of carbonyl (C=O) groups is 1. The number of aliphatic imine (C=N–C) groups is 1. The lowest BCUT2D eigenvalue weighted by Crippen LogP contribution is -2.41. The van der Waals surface area contributed by atoms with Crippen molar-refractivity contribution in [2.75, 3.05) is 7.05 Å². The molecule has 0 spiro atoms. The minimum Gasteiger partial charge on any atom is -0.369 e. The Morgan fingerprint density at radius 3 is 2.35 bits per heavy atom. The van der Waals surface area contributed by atoms with Gasteiger partial charge in [-0.2, -0.15) is 0 Å². The summed E-state index contributed by atoms with van der Waals surface area (Å²) in [7, 11) is 1.63. The molecule has 1 unspecified atom stereocenters. The molecule has 0 aliphatic carbocycles. The van der Waals surface area contributed by atoms with Gasteiger partial charge in [-0.05, 0) is 46.5 Å². The highest BCUT2D eigenvalue weighted by molar-refractivity contribution is 6.09. The third-order valence-electron chi connectivity index (χ3n) is 4.61. The fourth-order valence-corrected chi connectivity index (χ4v) is 3.23. The summed E-state index contributed by atoms with van der Waals surface area (Å²) in [4.78, 5) is 27.4. The van der Waals surface area contributed by atoms with Crippen molar-refractivity contribution in [1.82, 2.24) is 14.9 Å². The molecule has 0 radical (unpaired) electrons. The number of likely N-dealkylation sites (N-methyl/N-ethyl adjacent to an activating group) is 1. The molecule has 3 heterocycles. The number of pyridine rings is 2. The van der Waals surface area contributed by atoms with Gasteiger partial charge in [0.15, 0.2) is 11.5 Å². The standard InChI is InChI=1S/C20H17N5O/c1-25-18(26)20(24-19(25)21,16-7-10-22-11-8-16)17-6-2-4-14(12-17)15-5-3-9-23-13-15/h2-13H,1H3,(H2,21,24). The predicted molar refractivity (Wildman–Crippen MR) is 99.1 cm³/mol. The van der Waals surface area contributed by atoms with Crippen LogP contribution in [0.4, 0.5) is 0 Å². The summed E-state index contributed by atoms with van der Waals surface area (Å²) in [5.41, 5.74) is 8.20. The van der Waals surface area contributed by atoms with Gasteiger partial charge in [-0.25, -0.2) is 4.99 Å². The molecule has 2 N–H and O–H groups in total. The number of hydrogen-bond donors (Lipinski definition) is 1. The summed E-state index contributed by atoms with van der Waals surface area (Å²) >= 11 is 0. The summed E-state index contributed by atoms with van der Waals surface area (Å²) < 4.78 is 0. The summed E-state index contributed by atoms with van der Waals surface area (Å²) in [5, 5.41) is 0. The number of aromatic nitrogens is 2. The van der Waals surface area contributed by atoms with E-state index in [4.69, 9.17) is 5.73 Å². The number of hydrogen-bond acceptors (Lipinski definition) is 5. The second kappa shape index (κ2) is 6.07. The largest absolute Gasteiger partial charge is 0.369 e. The van der Waals surface area contributed by atoms with Gasteiger partial charge in [0.25, 0.3) is 5.91 Å². The molecule has 0 saturated heterocycles. The van der Waals surface area contributed by atoms with E-state index in [1.807, 2.05) is 36.4 Å². The van der Waals surface area contributed by atoms with Crippen LogP contribution in [0.25, 0.3) is 11.1 Å². The van der Waals surface area contributed by atoms with Gasteiger partial charge in [0.1, 0.15) is 0 Å². The van der Waals surface area contributed by atoms with Crippen LogP contribution in [0.5, 0.6) is 0 Å². The van der Waals surface area contributed by atoms with E-state index in [0.29, 0.717) is 0 Å². The molecule has 1 aliphatic heterocycles. The molecule has 1 aromatic carbocycles. The number of rotatable bonds is 3. The average Bonchev–Trinajstić information content (AvgIpc) is 2.94. The van der Waals surface area contributed by atoms with Crippen LogP contribution >= 0.6 is 0 Å². The smallest absolute Gasteiger partial charge is 0.266 e. The van der Waals surface area contributed by atoms with E-state index in [2.05, 4.69) is 15.0 Å². The lowest BCUT2D eigenvalue weighted by Gasteiger charge is -2.26. The summed E-state index contributed by atoms with van der Waals surface area (Å²) in [6.45, 7) is 0. The van der Waals surface area contributed by atoms with Gasteiger partial charge in [-0.1, -0.05) is 24.3 Å². The van der Waals surface area contributed by atoms with Crippen LogP contribution < -0.4 is 5.73 Å². The minimum absolute atomic E-state index is 0.190. The van der Waals surface area contributed by atoms with Crippen molar-refractivity contribution in [3.63, 3.8) is 0 Å². The summed E-state index contributed by atoms with van der Waals surface area (Å²) in [6, 6.07) is 15.2. The van der Waals surface area contributed by atoms with Crippen molar-refractivity contribution < 1.29 is 4.79 Å². The highest BCUT2D eigenvalue weighted by Crippen LogP contribution is 2.40. The van der Waals surface area contributed by atoms with Gasteiger partial charge in [0.05, 0.1) is 0 Å². The first-order valence-corrected chi connectivity index (χ1v) is 8.18. The number of carbonyl (C=O) groups excluding carboxylic acids is 1. The van der Waals surface area contributed by atoms with E-state index in [1.165, 1.54) is 4.90 Å². The number of benzene rings is 1. The first-order valence-electron chi connectivity index (χ1n) is 8.18. The number of nitrogens with zero attached hydrogens (tertiary/aromatic N) is 4.